The zero-order chi connectivity index (χ0) is 21.1. The van der Waals surface area contributed by atoms with Crippen LogP contribution >= 0.6 is 11.3 Å². The van der Waals surface area contributed by atoms with Crippen LogP contribution in [0.3, 0.4) is 0 Å². The summed E-state index contributed by atoms with van der Waals surface area (Å²) in [5, 5.41) is 1.84. The van der Waals surface area contributed by atoms with Gasteiger partial charge in [-0.1, -0.05) is 18.2 Å². The number of hydrogen-bond acceptors (Lipinski definition) is 6. The van der Waals surface area contributed by atoms with Gasteiger partial charge in [-0.3, -0.25) is 19.3 Å². The van der Waals surface area contributed by atoms with Gasteiger partial charge in [0.05, 0.1) is 22.6 Å². The smallest absolute Gasteiger partial charge is 0.328 e. The van der Waals surface area contributed by atoms with Crippen molar-refractivity contribution in [1.82, 2.24) is 9.80 Å². The van der Waals surface area contributed by atoms with Crippen LogP contribution < -0.4 is 0 Å². The number of benzene rings is 1. The molecule has 0 bridgehead atoms. The third-order valence-electron chi connectivity index (χ3n) is 5.42. The van der Waals surface area contributed by atoms with Crippen molar-refractivity contribution in [2.75, 3.05) is 19.7 Å². The fourth-order valence-corrected chi connectivity index (χ4v) is 4.56. The third kappa shape index (κ3) is 3.87. The van der Waals surface area contributed by atoms with Gasteiger partial charge < -0.3 is 9.64 Å². The SMILES string of the molecule is O=C(OCCCCN1C(=O)c2ccccc2C1=O)[C@H]1CCCN1C(=O)c1cccs1. The lowest BCUT2D eigenvalue weighted by atomic mass is 10.1. The van der Waals surface area contributed by atoms with Gasteiger partial charge in [-0.25, -0.2) is 4.79 Å². The quantitative estimate of drug-likeness (QED) is 0.386. The van der Waals surface area contributed by atoms with Gasteiger partial charge in [-0.2, -0.15) is 0 Å². The highest BCUT2D eigenvalue weighted by atomic mass is 32.1. The van der Waals surface area contributed by atoms with E-state index in [9.17, 15) is 19.2 Å². The maximum absolute atomic E-state index is 12.6. The largest absolute Gasteiger partial charge is 0.464 e. The normalized spacial score (nSPS) is 18.1. The first kappa shape index (κ1) is 20.3. The molecule has 2 aliphatic heterocycles. The molecular weight excluding hydrogens is 404 g/mol. The Morgan fingerprint density at radius 3 is 2.43 bits per heavy atom. The fourth-order valence-electron chi connectivity index (χ4n) is 3.88. The molecule has 0 N–H and O–H groups in total. The first-order chi connectivity index (χ1) is 14.6. The summed E-state index contributed by atoms with van der Waals surface area (Å²) >= 11 is 1.36. The molecule has 30 heavy (non-hydrogen) atoms. The molecule has 1 atom stereocenters. The number of nitrogens with zero attached hydrogens (tertiary/aromatic N) is 2. The molecule has 0 spiro atoms. The van der Waals surface area contributed by atoms with Crippen LogP contribution in [0.2, 0.25) is 0 Å². The van der Waals surface area contributed by atoms with Crippen LogP contribution in [0, 0.1) is 0 Å². The summed E-state index contributed by atoms with van der Waals surface area (Å²) in [5.74, 6) is -1.07. The highest BCUT2D eigenvalue weighted by Crippen LogP contribution is 2.24. The molecule has 1 aromatic heterocycles. The molecule has 0 saturated carbocycles. The first-order valence-electron chi connectivity index (χ1n) is 10.0. The van der Waals surface area contributed by atoms with Crippen LogP contribution in [0.25, 0.3) is 0 Å². The minimum Gasteiger partial charge on any atom is -0.464 e. The zero-order valence-corrected chi connectivity index (χ0v) is 17.2. The van der Waals surface area contributed by atoms with Gasteiger partial charge in [0.1, 0.15) is 6.04 Å². The Balaban J connectivity index is 1.22. The molecule has 0 aliphatic carbocycles. The Labute approximate surface area is 178 Å². The number of fused-ring (bicyclic) bond motifs is 1. The predicted octanol–water partition coefficient (Wildman–Crippen LogP) is 2.97. The highest BCUT2D eigenvalue weighted by Gasteiger charge is 2.36. The van der Waals surface area contributed by atoms with Crippen LogP contribution in [0.4, 0.5) is 0 Å². The molecule has 3 heterocycles. The summed E-state index contributed by atoms with van der Waals surface area (Å²) in [6, 6.07) is 9.81. The lowest BCUT2D eigenvalue weighted by molar-refractivity contribution is -0.148. The van der Waals surface area contributed by atoms with Gasteiger partial charge in [0, 0.05) is 13.1 Å². The lowest BCUT2D eigenvalue weighted by Gasteiger charge is -2.22. The van der Waals surface area contributed by atoms with E-state index in [4.69, 9.17) is 4.74 Å². The predicted molar refractivity (Wildman–Crippen MR) is 110 cm³/mol. The molecule has 1 aromatic carbocycles. The number of imide groups is 1. The summed E-state index contributed by atoms with van der Waals surface area (Å²) in [6.45, 7) is 1.03. The summed E-state index contributed by atoms with van der Waals surface area (Å²) in [4.78, 5) is 53.2. The maximum atomic E-state index is 12.6. The highest BCUT2D eigenvalue weighted by molar-refractivity contribution is 7.12. The lowest BCUT2D eigenvalue weighted by Crippen LogP contribution is -2.41. The average Bonchev–Trinajstić information content (AvgIpc) is 3.50. The van der Waals surface area contributed by atoms with E-state index >= 15 is 0 Å². The summed E-state index contributed by atoms with van der Waals surface area (Å²) < 4.78 is 5.39. The van der Waals surface area contributed by atoms with Crippen LogP contribution in [0.15, 0.2) is 41.8 Å². The Bertz CT molecular complexity index is 937. The molecular formula is C22H22N2O5S. The molecule has 4 rings (SSSR count). The Hall–Kier alpha value is -3.00. The van der Waals surface area contributed by atoms with Gasteiger partial charge in [0.15, 0.2) is 0 Å². The van der Waals surface area contributed by atoms with Crippen molar-refractivity contribution < 1.29 is 23.9 Å². The molecule has 1 fully saturated rings. The van der Waals surface area contributed by atoms with Crippen LogP contribution in [0.5, 0.6) is 0 Å². The number of hydrogen-bond donors (Lipinski definition) is 0. The standard InChI is InChI=1S/C22H22N2O5S/c25-19-15-7-1-2-8-16(15)20(26)24(19)11-3-4-13-29-22(28)17-9-5-12-23(17)21(27)18-10-6-14-30-18/h1-2,6-8,10,14,17H,3-5,9,11-13H2/t17-/m1/s1. The summed E-state index contributed by atoms with van der Waals surface area (Å²) in [6.07, 6.45) is 2.45. The third-order valence-corrected chi connectivity index (χ3v) is 6.27. The second kappa shape index (κ2) is 8.79. The minimum atomic E-state index is -0.546. The van der Waals surface area contributed by atoms with Crippen molar-refractivity contribution in [1.29, 1.82) is 0 Å². The van der Waals surface area contributed by atoms with Crippen molar-refractivity contribution in [2.45, 2.75) is 31.7 Å². The monoisotopic (exact) mass is 426 g/mol. The molecule has 8 heteroatoms. The van der Waals surface area contributed by atoms with E-state index in [1.165, 1.54) is 16.2 Å². The first-order valence-corrected chi connectivity index (χ1v) is 10.9. The van der Waals surface area contributed by atoms with E-state index in [2.05, 4.69) is 0 Å². The van der Waals surface area contributed by atoms with Gasteiger partial charge in [0.25, 0.3) is 17.7 Å². The number of thiophene rings is 1. The molecule has 3 amide bonds. The van der Waals surface area contributed by atoms with Gasteiger partial charge >= 0.3 is 5.97 Å². The molecule has 2 aromatic rings. The molecule has 2 aliphatic rings. The number of unbranched alkanes of at least 4 members (excludes halogenated alkanes) is 1. The zero-order valence-electron chi connectivity index (χ0n) is 16.4. The fraction of sp³-hybridized carbons (Fsp3) is 0.364. The second-order valence-electron chi connectivity index (χ2n) is 7.32. The number of amides is 3. The van der Waals surface area contributed by atoms with Crippen molar-refractivity contribution in [3.63, 3.8) is 0 Å². The molecule has 7 nitrogen and oxygen atoms in total. The number of rotatable bonds is 7. The summed E-state index contributed by atoms with van der Waals surface area (Å²) in [5.41, 5.74) is 0.872. The number of likely N-dealkylation sites (tertiary alicyclic amines) is 1. The van der Waals surface area contributed by atoms with Crippen molar-refractivity contribution >= 4 is 35.0 Å². The molecule has 1 saturated heterocycles. The van der Waals surface area contributed by atoms with Crippen molar-refractivity contribution in [3.05, 3.63) is 57.8 Å². The number of carbonyl (C=O) groups is 4. The van der Waals surface area contributed by atoms with Crippen LogP contribution in [-0.4, -0.2) is 59.2 Å². The van der Waals surface area contributed by atoms with Crippen molar-refractivity contribution in [2.24, 2.45) is 0 Å². The topological polar surface area (TPSA) is 84.0 Å². The Morgan fingerprint density at radius 1 is 1.03 bits per heavy atom. The molecule has 0 unspecified atom stereocenters. The van der Waals surface area contributed by atoms with Gasteiger partial charge in [-0.05, 0) is 49.3 Å². The van der Waals surface area contributed by atoms with E-state index in [0.29, 0.717) is 41.8 Å². The van der Waals surface area contributed by atoms with E-state index in [1.807, 2.05) is 11.4 Å². The van der Waals surface area contributed by atoms with Crippen LogP contribution in [-0.2, 0) is 9.53 Å². The minimum absolute atomic E-state index is 0.130. The Kier molecular flexibility index (Phi) is 5.94. The van der Waals surface area contributed by atoms with Crippen molar-refractivity contribution in [3.8, 4) is 0 Å². The van der Waals surface area contributed by atoms with E-state index < -0.39 is 12.0 Å². The Morgan fingerprint density at radius 2 is 1.77 bits per heavy atom. The van der Waals surface area contributed by atoms with E-state index in [1.54, 1.807) is 35.2 Å². The molecule has 0 radical (unpaired) electrons. The van der Waals surface area contributed by atoms with E-state index in [-0.39, 0.29) is 30.9 Å². The second-order valence-corrected chi connectivity index (χ2v) is 8.26. The summed E-state index contributed by atoms with van der Waals surface area (Å²) in [7, 11) is 0. The number of esters is 1. The van der Waals surface area contributed by atoms with Gasteiger partial charge in [-0.15, -0.1) is 11.3 Å². The number of ether oxygens (including phenoxy) is 1. The van der Waals surface area contributed by atoms with E-state index in [0.717, 1.165) is 6.42 Å². The maximum Gasteiger partial charge on any atom is 0.328 e. The van der Waals surface area contributed by atoms with Gasteiger partial charge in [0.2, 0.25) is 0 Å². The van der Waals surface area contributed by atoms with Crippen LogP contribution in [0.1, 0.15) is 56.1 Å². The molecule has 156 valence electrons. The average molecular weight is 426 g/mol. The number of carbonyl (C=O) groups excluding carboxylic acids is 4.